The second-order valence-electron chi connectivity index (χ2n) is 10.3. The summed E-state index contributed by atoms with van der Waals surface area (Å²) in [5, 5.41) is 0.168. The highest BCUT2D eigenvalue weighted by Crippen LogP contribution is 2.50. The van der Waals surface area contributed by atoms with Gasteiger partial charge in [-0.15, -0.1) is 0 Å². The Labute approximate surface area is 242 Å². The number of methoxy groups -OCH3 is 1. The van der Waals surface area contributed by atoms with Gasteiger partial charge in [-0.25, -0.2) is 9.59 Å². The number of halogens is 8. The second-order valence-corrected chi connectivity index (χ2v) is 11.1. The van der Waals surface area contributed by atoms with Gasteiger partial charge in [-0.05, 0) is 74.9 Å². The Kier molecular flexibility index (Phi) is 8.67. The summed E-state index contributed by atoms with van der Waals surface area (Å²) in [6.45, 7) is 2.70. The van der Waals surface area contributed by atoms with Crippen LogP contribution in [0.15, 0.2) is 30.3 Å². The molecule has 224 valence electrons. The Morgan fingerprint density at radius 1 is 0.976 bits per heavy atom. The predicted molar refractivity (Wildman–Crippen MR) is 139 cm³/mol. The van der Waals surface area contributed by atoms with Crippen molar-refractivity contribution in [3.05, 3.63) is 62.6 Å². The number of hydrogen-bond donors (Lipinski definition) is 0. The van der Waals surface area contributed by atoms with Crippen LogP contribution in [0.4, 0.5) is 41.6 Å². The maximum absolute atomic E-state index is 13.5. The van der Waals surface area contributed by atoms with Crippen molar-refractivity contribution in [1.82, 2.24) is 4.90 Å². The lowest BCUT2D eigenvalue weighted by molar-refractivity contribution is -0.143. The number of carbonyl (C=O) groups excluding carboxylic acids is 2. The van der Waals surface area contributed by atoms with Gasteiger partial charge in [-0.3, -0.25) is 9.80 Å². The maximum Gasteiger partial charge on any atom is 0.416 e. The molecule has 0 spiro atoms. The number of anilines is 1. The predicted octanol–water partition coefficient (Wildman–Crippen LogP) is 8.87. The van der Waals surface area contributed by atoms with E-state index in [1.54, 1.807) is 13.8 Å². The van der Waals surface area contributed by atoms with Gasteiger partial charge in [0.15, 0.2) is 0 Å². The molecule has 1 aliphatic heterocycles. The van der Waals surface area contributed by atoms with Crippen LogP contribution in [0.3, 0.4) is 0 Å². The fourth-order valence-corrected chi connectivity index (χ4v) is 5.40. The van der Waals surface area contributed by atoms with E-state index in [2.05, 4.69) is 0 Å². The van der Waals surface area contributed by atoms with Crippen LogP contribution in [0.25, 0.3) is 0 Å². The fraction of sp³-hybridized carbons (Fsp3) is 0.481. The number of carbonyl (C=O) groups is 2. The highest BCUT2D eigenvalue weighted by atomic mass is 35.5. The quantitative estimate of drug-likeness (QED) is 0.311. The van der Waals surface area contributed by atoms with E-state index in [-0.39, 0.29) is 34.1 Å². The van der Waals surface area contributed by atoms with Crippen molar-refractivity contribution in [2.45, 2.75) is 70.2 Å². The first-order valence-electron chi connectivity index (χ1n) is 12.6. The molecule has 41 heavy (non-hydrogen) atoms. The van der Waals surface area contributed by atoms with Crippen molar-refractivity contribution in [3.63, 3.8) is 0 Å². The summed E-state index contributed by atoms with van der Waals surface area (Å²) in [5.74, 6) is 0.0182. The first-order valence-corrected chi connectivity index (χ1v) is 13.4. The molecule has 2 aromatic rings. The van der Waals surface area contributed by atoms with E-state index in [0.717, 1.165) is 24.9 Å². The van der Waals surface area contributed by atoms with Crippen molar-refractivity contribution < 1.29 is 45.4 Å². The zero-order chi connectivity index (χ0) is 30.4. The van der Waals surface area contributed by atoms with Gasteiger partial charge in [0.05, 0.1) is 46.1 Å². The van der Waals surface area contributed by atoms with E-state index in [0.29, 0.717) is 17.7 Å². The van der Waals surface area contributed by atoms with E-state index in [1.807, 2.05) is 0 Å². The summed E-state index contributed by atoms with van der Waals surface area (Å²) < 4.78 is 91.6. The van der Waals surface area contributed by atoms with E-state index in [4.69, 9.17) is 32.7 Å². The third kappa shape index (κ3) is 6.80. The average Bonchev–Trinajstić information content (AvgIpc) is 3.71. The topological polar surface area (TPSA) is 59.1 Å². The number of fused-ring (bicyclic) bond motifs is 1. The molecule has 2 aromatic carbocycles. The summed E-state index contributed by atoms with van der Waals surface area (Å²) in [5.41, 5.74) is -2.85. The van der Waals surface area contributed by atoms with Gasteiger partial charge in [0, 0.05) is 18.2 Å². The van der Waals surface area contributed by atoms with Crippen LogP contribution in [0.2, 0.25) is 10.0 Å². The highest BCUT2D eigenvalue weighted by Gasteiger charge is 2.47. The van der Waals surface area contributed by atoms with Crippen LogP contribution in [-0.4, -0.2) is 36.3 Å². The van der Waals surface area contributed by atoms with Crippen LogP contribution in [0.1, 0.15) is 61.4 Å². The van der Waals surface area contributed by atoms with Gasteiger partial charge >= 0.3 is 24.5 Å². The van der Waals surface area contributed by atoms with Gasteiger partial charge in [0.25, 0.3) is 0 Å². The number of alkyl halides is 6. The molecule has 1 fully saturated rings. The molecule has 1 aliphatic carbocycles. The van der Waals surface area contributed by atoms with E-state index in [1.165, 1.54) is 17.0 Å². The third-order valence-electron chi connectivity index (χ3n) is 6.97. The normalized spacial score (nSPS) is 19.2. The minimum Gasteiger partial charge on any atom is -0.453 e. The molecular formula is C27H26Cl2F6N2O4. The first-order chi connectivity index (χ1) is 19.0. The smallest absolute Gasteiger partial charge is 0.416 e. The zero-order valence-corrected chi connectivity index (χ0v) is 23.6. The molecule has 2 aliphatic rings. The van der Waals surface area contributed by atoms with Crippen molar-refractivity contribution in [2.24, 2.45) is 5.92 Å². The molecule has 14 heteroatoms. The van der Waals surface area contributed by atoms with Crippen LogP contribution < -0.4 is 4.90 Å². The van der Waals surface area contributed by atoms with Crippen LogP contribution in [0.5, 0.6) is 0 Å². The van der Waals surface area contributed by atoms with Crippen LogP contribution >= 0.6 is 23.2 Å². The van der Waals surface area contributed by atoms with Crippen molar-refractivity contribution in [3.8, 4) is 0 Å². The molecule has 2 atom stereocenters. The summed E-state index contributed by atoms with van der Waals surface area (Å²) in [6, 6.07) is 2.56. The Bertz CT molecular complexity index is 1300. The molecule has 4 rings (SSSR count). The van der Waals surface area contributed by atoms with Gasteiger partial charge in [0.1, 0.15) is 0 Å². The van der Waals surface area contributed by atoms with E-state index < -0.39 is 66.0 Å². The third-order valence-corrected chi connectivity index (χ3v) is 7.69. The Morgan fingerprint density at radius 3 is 2.02 bits per heavy atom. The lowest BCUT2D eigenvalue weighted by atomic mass is 9.87. The second kappa shape index (κ2) is 11.4. The van der Waals surface area contributed by atoms with E-state index >= 15 is 0 Å². The zero-order valence-electron chi connectivity index (χ0n) is 22.1. The van der Waals surface area contributed by atoms with Gasteiger partial charge in [-0.2, -0.15) is 26.3 Å². The Morgan fingerprint density at radius 2 is 1.54 bits per heavy atom. The molecule has 0 saturated heterocycles. The Hall–Kier alpha value is -2.86. The van der Waals surface area contributed by atoms with Gasteiger partial charge in [0.2, 0.25) is 0 Å². The van der Waals surface area contributed by atoms with Crippen molar-refractivity contribution in [1.29, 1.82) is 0 Å². The standard InChI is InChI=1S/C27H26Cl2F6N2O4/c1-13(2)41-25(39)37-21(15-4-5-15)11-22(18-9-19(28)20(29)10-23(18)37)36(24(38)40-3)12-14-6-16(26(30,31)32)8-17(7-14)27(33,34)35/h6-10,13,15,21-22H,4-5,11-12H2,1-3H3. The number of benzene rings is 2. The number of nitrogens with zero attached hydrogens (tertiary/aromatic N) is 2. The van der Waals surface area contributed by atoms with Crippen molar-refractivity contribution >= 4 is 41.1 Å². The first kappa shape index (κ1) is 31.1. The molecule has 6 nitrogen and oxygen atoms in total. The summed E-state index contributed by atoms with van der Waals surface area (Å²) in [7, 11) is 1.05. The molecule has 0 aromatic heterocycles. The number of hydrogen-bond acceptors (Lipinski definition) is 4. The largest absolute Gasteiger partial charge is 0.453 e. The summed E-state index contributed by atoms with van der Waals surface area (Å²) in [6.07, 6.45) is -10.6. The van der Waals surface area contributed by atoms with Crippen LogP contribution in [0, 0.1) is 5.92 Å². The molecule has 0 N–H and O–H groups in total. The lowest BCUT2D eigenvalue weighted by Gasteiger charge is -2.44. The molecule has 2 amide bonds. The fourth-order valence-electron chi connectivity index (χ4n) is 5.07. The summed E-state index contributed by atoms with van der Waals surface area (Å²) >= 11 is 12.6. The average molecular weight is 627 g/mol. The van der Waals surface area contributed by atoms with Crippen molar-refractivity contribution in [2.75, 3.05) is 12.0 Å². The molecule has 1 saturated carbocycles. The Balaban J connectivity index is 1.85. The van der Waals surface area contributed by atoms with Crippen LogP contribution in [-0.2, 0) is 28.4 Å². The SMILES string of the molecule is COC(=O)N(Cc1cc(C(F)(F)F)cc(C(F)(F)F)c1)C1CC(C2CC2)N(C(=O)OC(C)C)c2cc(Cl)c(Cl)cc21. The monoisotopic (exact) mass is 626 g/mol. The molecule has 0 bridgehead atoms. The molecule has 0 radical (unpaired) electrons. The molecule has 1 heterocycles. The summed E-state index contributed by atoms with van der Waals surface area (Å²) in [4.78, 5) is 28.8. The van der Waals surface area contributed by atoms with Gasteiger partial charge in [-0.1, -0.05) is 23.2 Å². The van der Waals surface area contributed by atoms with E-state index in [9.17, 15) is 35.9 Å². The number of rotatable bonds is 5. The lowest BCUT2D eigenvalue weighted by Crippen LogP contribution is -2.50. The highest BCUT2D eigenvalue weighted by molar-refractivity contribution is 6.42. The minimum atomic E-state index is -5.07. The number of amides is 2. The van der Waals surface area contributed by atoms with Gasteiger partial charge < -0.3 is 9.47 Å². The number of ether oxygens (including phenoxy) is 2. The molecular weight excluding hydrogens is 601 g/mol. The minimum absolute atomic E-state index is 0.0182. The molecule has 2 unspecified atom stereocenters. The maximum atomic E-state index is 13.5.